The van der Waals surface area contributed by atoms with Gasteiger partial charge in [0.2, 0.25) is 0 Å². The Morgan fingerprint density at radius 3 is 2.60 bits per heavy atom. The second-order valence-electron chi connectivity index (χ2n) is 5.44. The summed E-state index contributed by atoms with van der Waals surface area (Å²) in [6, 6.07) is 9.69. The van der Waals surface area contributed by atoms with Gasteiger partial charge in [0.05, 0.1) is 7.95 Å². The van der Waals surface area contributed by atoms with Crippen molar-refractivity contribution in [2.45, 2.75) is 24.5 Å². The second-order valence-corrected chi connectivity index (χ2v) is 5.44. The number of aromatic nitrogens is 2. The third-order valence-corrected chi connectivity index (χ3v) is 3.80. The Kier molecular flexibility index (Phi) is 4.53. The van der Waals surface area contributed by atoms with Crippen LogP contribution in [0.5, 0.6) is 0 Å². The number of aliphatic hydroxyl groups excluding tert-OH is 3. The number of amides is 1. The maximum atomic E-state index is 12.2. The van der Waals surface area contributed by atoms with E-state index in [1.54, 1.807) is 30.3 Å². The first kappa shape index (κ1) is 15.9. The lowest BCUT2D eigenvalue weighted by molar-refractivity contribution is -0.0549. The Morgan fingerprint density at radius 2 is 2.00 bits per heavy atom. The van der Waals surface area contributed by atoms with Gasteiger partial charge in [-0.25, -0.2) is 4.79 Å². The van der Waals surface area contributed by atoms with Gasteiger partial charge < -0.3 is 25.4 Å². The van der Waals surface area contributed by atoms with Gasteiger partial charge >= 0.3 is 5.69 Å². The van der Waals surface area contributed by atoms with Crippen LogP contribution in [0.4, 0.5) is 5.82 Å². The van der Waals surface area contributed by atoms with Crippen molar-refractivity contribution < 1.29 is 26.2 Å². The molecule has 1 fully saturated rings. The monoisotopic (exact) mass is 348 g/mol. The van der Waals surface area contributed by atoms with E-state index in [0.29, 0.717) is 5.56 Å². The van der Waals surface area contributed by atoms with Crippen molar-refractivity contribution >= 4 is 11.7 Å². The predicted octanol–water partition coefficient (Wildman–Crippen LogP) is -0.893. The zero-order chi connectivity index (χ0) is 18.8. The van der Waals surface area contributed by atoms with E-state index in [0.717, 1.165) is 4.57 Å². The molecule has 132 valence electrons. The van der Waals surface area contributed by atoms with Gasteiger partial charge in [0.15, 0.2) is 6.23 Å². The highest BCUT2D eigenvalue weighted by Crippen LogP contribution is 2.28. The van der Waals surface area contributed by atoms with Crippen molar-refractivity contribution in [2.75, 3.05) is 11.9 Å². The SMILES string of the molecule is [2H][C@H](O)[C@H]1O[C@@H](n2ccc(NC(=O)c3ccccc3)nc2=O)[C@H](O)[C@@H]1O. The predicted molar refractivity (Wildman–Crippen MR) is 85.9 cm³/mol. The van der Waals surface area contributed by atoms with Gasteiger partial charge in [-0.3, -0.25) is 9.36 Å². The first-order chi connectivity index (χ1) is 12.4. The highest BCUT2D eigenvalue weighted by molar-refractivity contribution is 6.03. The molecule has 0 bridgehead atoms. The number of hydrogen-bond donors (Lipinski definition) is 4. The van der Waals surface area contributed by atoms with E-state index in [2.05, 4.69) is 10.3 Å². The van der Waals surface area contributed by atoms with Crippen LogP contribution >= 0.6 is 0 Å². The highest BCUT2D eigenvalue weighted by Gasteiger charge is 2.43. The van der Waals surface area contributed by atoms with Crippen molar-refractivity contribution in [3.05, 3.63) is 58.6 Å². The molecule has 2 aromatic rings. The van der Waals surface area contributed by atoms with Crippen molar-refractivity contribution in [3.8, 4) is 0 Å². The van der Waals surface area contributed by atoms with E-state index in [9.17, 15) is 24.9 Å². The van der Waals surface area contributed by atoms with E-state index in [-0.39, 0.29) is 5.82 Å². The Bertz CT molecular complexity index is 843. The Morgan fingerprint density at radius 1 is 1.28 bits per heavy atom. The topological polar surface area (TPSA) is 134 Å². The normalized spacial score (nSPS) is 27.6. The number of anilines is 1. The van der Waals surface area contributed by atoms with Crippen molar-refractivity contribution in [1.29, 1.82) is 0 Å². The van der Waals surface area contributed by atoms with Crippen LogP contribution in [0.15, 0.2) is 47.4 Å². The molecule has 1 aromatic heterocycles. The number of nitrogens with one attached hydrogen (secondary N) is 1. The lowest BCUT2D eigenvalue weighted by Gasteiger charge is -2.17. The number of aliphatic hydroxyl groups is 3. The molecule has 0 saturated carbocycles. The summed E-state index contributed by atoms with van der Waals surface area (Å²) in [6.45, 7) is -1.78. The summed E-state index contributed by atoms with van der Waals surface area (Å²) in [5.41, 5.74) is -0.448. The number of benzene rings is 1. The van der Waals surface area contributed by atoms with Crippen molar-refractivity contribution in [2.24, 2.45) is 0 Å². The Labute approximate surface area is 143 Å². The number of nitrogens with zero attached hydrogens (tertiary/aromatic N) is 2. The number of rotatable bonds is 4. The molecule has 0 radical (unpaired) electrons. The zero-order valence-electron chi connectivity index (χ0n) is 13.9. The molecule has 0 aliphatic carbocycles. The molecule has 1 aromatic carbocycles. The maximum Gasteiger partial charge on any atom is 0.351 e. The molecule has 0 unspecified atom stereocenters. The van der Waals surface area contributed by atoms with Crippen LogP contribution in [0, 0.1) is 0 Å². The minimum atomic E-state index is -1.78. The second kappa shape index (κ2) is 7.11. The summed E-state index contributed by atoms with van der Waals surface area (Å²) in [5, 5.41) is 31.5. The molecule has 4 N–H and O–H groups in total. The van der Waals surface area contributed by atoms with Crippen molar-refractivity contribution in [3.63, 3.8) is 0 Å². The van der Waals surface area contributed by atoms with E-state index in [1.165, 1.54) is 12.3 Å². The summed E-state index contributed by atoms with van der Waals surface area (Å²) in [7, 11) is 0. The molecule has 5 atom stereocenters. The fourth-order valence-corrected chi connectivity index (χ4v) is 2.49. The molecule has 2 heterocycles. The average Bonchev–Trinajstić information content (AvgIpc) is 2.91. The van der Waals surface area contributed by atoms with Crippen LogP contribution in [-0.2, 0) is 4.74 Å². The Balaban J connectivity index is 1.78. The summed E-state index contributed by atoms with van der Waals surface area (Å²) >= 11 is 0. The quantitative estimate of drug-likeness (QED) is 0.563. The smallest absolute Gasteiger partial charge is 0.351 e. The summed E-state index contributed by atoms with van der Waals surface area (Å²) in [4.78, 5) is 28.0. The largest absolute Gasteiger partial charge is 0.394 e. The molecule has 0 spiro atoms. The number of ether oxygens (including phenoxy) is 1. The first-order valence-corrected chi connectivity index (χ1v) is 7.46. The van der Waals surface area contributed by atoms with Crippen LogP contribution in [0.25, 0.3) is 0 Å². The standard InChI is InChI=1S/C16H17N3O6/c20-8-10-12(21)13(22)15(25-10)19-7-6-11(18-16(19)24)17-14(23)9-4-2-1-3-5-9/h1-7,10,12-13,15,20-22H,8H2,(H,17,18,23,24)/t10-,12-,13-,15-/m1/s1/i8D/t8-,10+,12+,13+,15+/m0. The van der Waals surface area contributed by atoms with Crippen LogP contribution in [0.3, 0.4) is 0 Å². The molecule has 1 saturated heterocycles. The zero-order valence-corrected chi connectivity index (χ0v) is 12.9. The van der Waals surface area contributed by atoms with Gasteiger partial charge in [0, 0.05) is 11.8 Å². The van der Waals surface area contributed by atoms with Gasteiger partial charge in [0.25, 0.3) is 5.91 Å². The minimum Gasteiger partial charge on any atom is -0.394 e. The third kappa shape index (κ3) is 3.44. The summed E-state index contributed by atoms with van der Waals surface area (Å²) in [6.07, 6.45) is -4.50. The average molecular weight is 348 g/mol. The molecule has 25 heavy (non-hydrogen) atoms. The van der Waals surface area contributed by atoms with Crippen LogP contribution in [0.2, 0.25) is 0 Å². The molecular formula is C16H17N3O6. The fraction of sp³-hybridized carbons (Fsp3) is 0.312. The van der Waals surface area contributed by atoms with Gasteiger partial charge in [-0.1, -0.05) is 18.2 Å². The number of hydrogen-bond acceptors (Lipinski definition) is 7. The maximum absolute atomic E-state index is 12.2. The Hall–Kier alpha value is -2.59. The molecule has 1 amide bonds. The molecule has 1 aliphatic rings. The lowest BCUT2D eigenvalue weighted by atomic mass is 10.1. The molecule has 1 aliphatic heterocycles. The van der Waals surface area contributed by atoms with Gasteiger partial charge in [-0.2, -0.15) is 4.98 Å². The first-order valence-electron chi connectivity index (χ1n) is 8.03. The van der Waals surface area contributed by atoms with Crippen molar-refractivity contribution in [1.82, 2.24) is 9.55 Å². The van der Waals surface area contributed by atoms with Crippen LogP contribution in [0.1, 0.15) is 18.0 Å². The molecular weight excluding hydrogens is 330 g/mol. The summed E-state index contributed by atoms with van der Waals surface area (Å²) < 4.78 is 13.3. The fourth-order valence-electron chi connectivity index (χ4n) is 2.49. The van der Waals surface area contributed by atoms with E-state index < -0.39 is 42.7 Å². The van der Waals surface area contributed by atoms with Crippen LogP contribution in [-0.4, -0.2) is 55.7 Å². The number of carbonyl (C=O) groups is 1. The lowest BCUT2D eigenvalue weighted by Crippen LogP contribution is -2.36. The van der Waals surface area contributed by atoms with E-state index >= 15 is 0 Å². The van der Waals surface area contributed by atoms with Gasteiger partial charge in [-0.05, 0) is 18.2 Å². The molecule has 9 nitrogen and oxygen atoms in total. The van der Waals surface area contributed by atoms with Gasteiger partial charge in [0.1, 0.15) is 24.1 Å². The van der Waals surface area contributed by atoms with E-state index in [1.807, 2.05) is 0 Å². The van der Waals surface area contributed by atoms with Gasteiger partial charge in [-0.15, -0.1) is 0 Å². The highest BCUT2D eigenvalue weighted by atomic mass is 16.6. The van der Waals surface area contributed by atoms with E-state index in [4.69, 9.17) is 6.11 Å². The van der Waals surface area contributed by atoms with Crippen LogP contribution < -0.4 is 11.0 Å². The molecule has 3 rings (SSSR count). The summed E-state index contributed by atoms with van der Waals surface area (Å²) in [5.74, 6) is -0.439. The molecule has 9 heteroatoms. The third-order valence-electron chi connectivity index (χ3n) is 3.80. The number of carbonyl (C=O) groups excluding carboxylic acids is 1. The minimum absolute atomic E-state index is 0.00483.